The molecule has 124 valence electrons. The van der Waals surface area contributed by atoms with Crippen molar-refractivity contribution in [3.05, 3.63) is 61.3 Å². The summed E-state index contributed by atoms with van der Waals surface area (Å²) in [5, 5.41) is 8.55. The zero-order chi connectivity index (χ0) is 16.9. The molecule has 0 saturated carbocycles. The summed E-state index contributed by atoms with van der Waals surface area (Å²) in [5.74, 6) is 2.19. The second-order valence-electron chi connectivity index (χ2n) is 5.15. The second kappa shape index (κ2) is 7.27. The lowest BCUT2D eigenvalue weighted by Crippen LogP contribution is -2.07. The van der Waals surface area contributed by atoms with Crippen molar-refractivity contribution in [2.45, 2.75) is 4.90 Å². The van der Waals surface area contributed by atoms with Gasteiger partial charge in [-0.2, -0.15) is 9.78 Å². The predicted molar refractivity (Wildman–Crippen MR) is 97.9 cm³/mol. The van der Waals surface area contributed by atoms with Crippen LogP contribution in [0.3, 0.4) is 0 Å². The molecule has 0 saturated heterocycles. The summed E-state index contributed by atoms with van der Waals surface area (Å²) in [6.45, 7) is 0.790. The van der Waals surface area contributed by atoms with Gasteiger partial charge in [0.25, 0.3) is 5.95 Å². The van der Waals surface area contributed by atoms with E-state index in [-0.39, 0.29) is 0 Å². The number of anilines is 1. The highest BCUT2D eigenvalue weighted by Crippen LogP contribution is 2.21. The minimum Gasteiger partial charge on any atom is -0.369 e. The second-order valence-corrected chi connectivity index (χ2v) is 6.32. The van der Waals surface area contributed by atoms with Crippen molar-refractivity contribution in [2.24, 2.45) is 0 Å². The molecule has 4 rings (SSSR count). The Labute approximate surface area is 148 Å². The highest BCUT2D eigenvalue weighted by Gasteiger charge is 2.12. The van der Waals surface area contributed by atoms with E-state index in [9.17, 15) is 0 Å². The summed E-state index contributed by atoms with van der Waals surface area (Å²) >= 11 is 1.80. The highest BCUT2D eigenvalue weighted by atomic mass is 32.2. The molecule has 4 aromatic rings. The van der Waals surface area contributed by atoms with E-state index in [1.807, 2.05) is 18.2 Å². The molecule has 0 amide bonds. The minimum absolute atomic E-state index is 0.488. The van der Waals surface area contributed by atoms with Crippen LogP contribution in [0.1, 0.15) is 0 Å². The van der Waals surface area contributed by atoms with Crippen LogP contribution < -0.4 is 5.32 Å². The zero-order valence-electron chi connectivity index (χ0n) is 13.3. The molecular weight excluding hydrogens is 334 g/mol. The van der Waals surface area contributed by atoms with Gasteiger partial charge in [-0.15, -0.1) is 11.8 Å². The Balaban J connectivity index is 1.48. The number of nitrogens with zero attached hydrogens (tertiary/aromatic N) is 6. The molecule has 0 aliphatic rings. The molecule has 1 N–H and O–H groups in total. The molecule has 0 radical (unpaired) electrons. The van der Waals surface area contributed by atoms with Crippen LogP contribution in [-0.2, 0) is 0 Å². The van der Waals surface area contributed by atoms with Crippen LogP contribution in [0, 0.1) is 0 Å². The molecule has 0 aliphatic carbocycles. The van der Waals surface area contributed by atoms with Crippen molar-refractivity contribution < 1.29 is 0 Å². The molecule has 25 heavy (non-hydrogen) atoms. The Morgan fingerprint density at radius 2 is 1.80 bits per heavy atom. The molecule has 0 fully saturated rings. The largest absolute Gasteiger partial charge is 0.369 e. The van der Waals surface area contributed by atoms with Crippen LogP contribution in [0.15, 0.2) is 66.2 Å². The lowest BCUT2D eigenvalue weighted by atomic mass is 10.4. The van der Waals surface area contributed by atoms with Gasteiger partial charge in [0, 0.05) is 29.6 Å². The molecule has 0 bridgehead atoms. The van der Waals surface area contributed by atoms with E-state index in [1.165, 1.54) is 11.2 Å². The van der Waals surface area contributed by atoms with Crippen LogP contribution in [0.25, 0.3) is 17.0 Å². The number of aromatic nitrogens is 6. The summed E-state index contributed by atoms with van der Waals surface area (Å²) in [7, 11) is 0. The lowest BCUT2D eigenvalue weighted by Gasteiger charge is -2.06. The average molecular weight is 349 g/mol. The zero-order valence-corrected chi connectivity index (χ0v) is 14.1. The van der Waals surface area contributed by atoms with Gasteiger partial charge in [-0.3, -0.25) is 0 Å². The molecule has 0 unspecified atom stereocenters. The first kappa shape index (κ1) is 15.5. The van der Waals surface area contributed by atoms with E-state index >= 15 is 0 Å². The number of fused-ring (bicyclic) bond motifs is 1. The fourth-order valence-electron chi connectivity index (χ4n) is 2.39. The molecule has 3 aromatic heterocycles. The Kier molecular flexibility index (Phi) is 4.51. The van der Waals surface area contributed by atoms with Gasteiger partial charge in [0.15, 0.2) is 5.65 Å². The Hall–Kier alpha value is -3.00. The molecule has 0 spiro atoms. The smallest absolute Gasteiger partial charge is 0.252 e. The van der Waals surface area contributed by atoms with Gasteiger partial charge in [-0.05, 0) is 18.2 Å². The molecule has 0 aliphatic heterocycles. The van der Waals surface area contributed by atoms with E-state index < -0.39 is 0 Å². The van der Waals surface area contributed by atoms with Gasteiger partial charge in [0.1, 0.15) is 12.1 Å². The first-order chi connectivity index (χ1) is 12.4. The quantitative estimate of drug-likeness (QED) is 0.423. The van der Waals surface area contributed by atoms with Crippen molar-refractivity contribution in [1.29, 1.82) is 0 Å². The summed E-state index contributed by atoms with van der Waals surface area (Å²) in [4.78, 5) is 18.3. The number of hydrogen-bond acceptors (Lipinski definition) is 7. The Morgan fingerprint density at radius 1 is 0.960 bits per heavy atom. The van der Waals surface area contributed by atoms with E-state index in [0.29, 0.717) is 11.6 Å². The third-order valence-electron chi connectivity index (χ3n) is 3.51. The minimum atomic E-state index is 0.488. The summed E-state index contributed by atoms with van der Waals surface area (Å²) < 4.78 is 1.61. The standard InChI is InChI=1S/C17H15N7S/c1-2-5-13(6-3-1)25-10-9-18-15-14-11-23-24(16(14)22-12-21-15)17-19-7-4-8-20-17/h1-8,11-12H,9-10H2,(H,18,21,22). The number of rotatable bonds is 6. The van der Waals surface area contributed by atoms with E-state index in [0.717, 1.165) is 23.5 Å². The Morgan fingerprint density at radius 3 is 2.64 bits per heavy atom. The average Bonchev–Trinajstić information content (AvgIpc) is 3.12. The third kappa shape index (κ3) is 3.43. The molecule has 1 aromatic carbocycles. The van der Waals surface area contributed by atoms with Crippen LogP contribution in [0.4, 0.5) is 5.82 Å². The van der Waals surface area contributed by atoms with Gasteiger partial charge in [0.05, 0.1) is 11.6 Å². The molecule has 3 heterocycles. The lowest BCUT2D eigenvalue weighted by molar-refractivity contribution is 0.822. The van der Waals surface area contributed by atoms with Crippen molar-refractivity contribution in [1.82, 2.24) is 29.7 Å². The first-order valence-electron chi connectivity index (χ1n) is 7.80. The topological polar surface area (TPSA) is 81.4 Å². The number of hydrogen-bond donors (Lipinski definition) is 1. The van der Waals surface area contributed by atoms with E-state index in [2.05, 4.69) is 42.5 Å². The van der Waals surface area contributed by atoms with Crippen molar-refractivity contribution in [2.75, 3.05) is 17.6 Å². The van der Waals surface area contributed by atoms with E-state index in [4.69, 9.17) is 0 Å². The molecule has 7 nitrogen and oxygen atoms in total. The van der Waals surface area contributed by atoms with Gasteiger partial charge < -0.3 is 5.32 Å². The normalized spacial score (nSPS) is 10.9. The van der Waals surface area contributed by atoms with Gasteiger partial charge >= 0.3 is 0 Å². The number of benzene rings is 1. The molecule has 8 heteroatoms. The van der Waals surface area contributed by atoms with E-state index in [1.54, 1.807) is 41.1 Å². The summed E-state index contributed by atoms with van der Waals surface area (Å²) in [5.41, 5.74) is 0.680. The maximum atomic E-state index is 4.35. The van der Waals surface area contributed by atoms with Crippen molar-refractivity contribution >= 4 is 28.6 Å². The Bertz CT molecular complexity index is 957. The maximum Gasteiger partial charge on any atom is 0.252 e. The number of nitrogens with one attached hydrogen (secondary N) is 1. The van der Waals surface area contributed by atoms with Crippen molar-refractivity contribution in [3.63, 3.8) is 0 Å². The summed E-state index contributed by atoms with van der Waals surface area (Å²) in [6, 6.07) is 12.1. The molecular formula is C17H15N7S. The fraction of sp³-hybridized carbons (Fsp3) is 0.118. The number of thioether (sulfide) groups is 1. The monoisotopic (exact) mass is 349 g/mol. The first-order valence-corrected chi connectivity index (χ1v) is 8.78. The van der Waals surface area contributed by atoms with Crippen molar-refractivity contribution in [3.8, 4) is 5.95 Å². The van der Waals surface area contributed by atoms with Gasteiger partial charge in [-0.25, -0.2) is 19.9 Å². The van der Waals surface area contributed by atoms with Gasteiger partial charge in [-0.1, -0.05) is 18.2 Å². The van der Waals surface area contributed by atoms with Crippen LogP contribution >= 0.6 is 11.8 Å². The van der Waals surface area contributed by atoms with Crippen LogP contribution in [0.5, 0.6) is 0 Å². The van der Waals surface area contributed by atoms with Gasteiger partial charge in [0.2, 0.25) is 0 Å². The SMILES string of the molecule is c1ccc(SCCNc2ncnc3c2cnn3-c2ncccn2)cc1. The molecule has 0 atom stereocenters. The predicted octanol–water partition coefficient (Wildman–Crippen LogP) is 2.81. The maximum absolute atomic E-state index is 4.35. The van der Waals surface area contributed by atoms with Crippen LogP contribution in [-0.4, -0.2) is 42.0 Å². The summed E-state index contributed by atoms with van der Waals surface area (Å²) in [6.07, 6.45) is 6.61. The van der Waals surface area contributed by atoms with Crippen LogP contribution in [0.2, 0.25) is 0 Å². The highest BCUT2D eigenvalue weighted by molar-refractivity contribution is 7.99. The third-order valence-corrected chi connectivity index (χ3v) is 4.53. The fourth-order valence-corrected chi connectivity index (χ4v) is 3.18.